The maximum atomic E-state index is 12.5. The minimum Gasteiger partial charge on any atom is -0.325 e. The van der Waals surface area contributed by atoms with Gasteiger partial charge in [-0.2, -0.15) is 5.10 Å². The number of anilines is 1. The summed E-state index contributed by atoms with van der Waals surface area (Å²) in [5, 5.41) is 10.8. The number of carbonyl (C=O) groups excluding carboxylic acids is 1. The summed E-state index contributed by atoms with van der Waals surface area (Å²) in [7, 11) is 2.14. The van der Waals surface area contributed by atoms with Crippen molar-refractivity contribution in [3.63, 3.8) is 0 Å². The van der Waals surface area contributed by atoms with Gasteiger partial charge in [-0.3, -0.25) is 14.8 Å². The molecule has 2 aromatic carbocycles. The number of nitrogens with one attached hydrogen (secondary N) is 2. The predicted molar refractivity (Wildman–Crippen MR) is 119 cm³/mol. The van der Waals surface area contributed by atoms with Crippen molar-refractivity contribution < 1.29 is 4.79 Å². The zero-order chi connectivity index (χ0) is 20.5. The second-order valence-corrected chi connectivity index (χ2v) is 8.32. The Morgan fingerprint density at radius 1 is 1.07 bits per heavy atom. The summed E-state index contributed by atoms with van der Waals surface area (Å²) in [6.07, 6.45) is 2.01. The molecule has 0 spiro atoms. The number of H-pyrrole nitrogens is 1. The molecule has 6 heteroatoms. The van der Waals surface area contributed by atoms with Crippen LogP contribution in [0.25, 0.3) is 22.5 Å². The van der Waals surface area contributed by atoms with Gasteiger partial charge in [0.1, 0.15) is 0 Å². The van der Waals surface area contributed by atoms with Crippen LogP contribution >= 0.6 is 0 Å². The normalized spacial score (nSPS) is 16.7. The molecule has 1 saturated heterocycles. The lowest BCUT2D eigenvalue weighted by Crippen LogP contribution is -2.35. The van der Waals surface area contributed by atoms with Crippen molar-refractivity contribution in [3.05, 3.63) is 59.7 Å². The molecule has 0 atom stereocenters. The summed E-state index contributed by atoms with van der Waals surface area (Å²) in [4.78, 5) is 17.0. The molecular formula is C24H27N5O. The van der Waals surface area contributed by atoms with Gasteiger partial charge in [0.05, 0.1) is 17.9 Å². The van der Waals surface area contributed by atoms with E-state index in [1.54, 1.807) is 0 Å². The molecule has 1 aliphatic heterocycles. The fourth-order valence-corrected chi connectivity index (χ4v) is 4.48. The topological polar surface area (TPSA) is 64.3 Å². The number of hydrogen-bond donors (Lipinski definition) is 2. The van der Waals surface area contributed by atoms with Crippen LogP contribution in [0.5, 0.6) is 0 Å². The Kier molecular flexibility index (Phi) is 5.11. The average Bonchev–Trinajstić information content (AvgIpc) is 3.25. The standard InChI is InChI=1S/C24H27N5O/c1-28-11-4-12-29(14-13-28)16-22(30)25-19-9-7-17(8-10-19)23-21-15-18-5-2-3-6-20(18)24(21)27-26-23/h2-3,5-10H,4,11-16H2,1H3,(H,25,30)(H,26,27). The number of benzene rings is 2. The number of rotatable bonds is 4. The molecule has 154 valence electrons. The highest BCUT2D eigenvalue weighted by atomic mass is 16.2. The summed E-state index contributed by atoms with van der Waals surface area (Å²) < 4.78 is 0. The van der Waals surface area contributed by atoms with Crippen LogP contribution in [0.2, 0.25) is 0 Å². The molecule has 3 aromatic rings. The molecule has 1 amide bonds. The van der Waals surface area contributed by atoms with Crippen molar-refractivity contribution in [1.29, 1.82) is 0 Å². The molecule has 2 N–H and O–H groups in total. The van der Waals surface area contributed by atoms with Crippen molar-refractivity contribution in [1.82, 2.24) is 20.0 Å². The number of aromatic nitrogens is 2. The lowest BCUT2D eigenvalue weighted by atomic mass is 10.1. The number of amides is 1. The third kappa shape index (κ3) is 3.76. The molecule has 5 rings (SSSR count). The fraction of sp³-hybridized carbons (Fsp3) is 0.333. The third-order valence-corrected chi connectivity index (χ3v) is 6.14. The molecule has 30 heavy (non-hydrogen) atoms. The Hall–Kier alpha value is -2.96. The van der Waals surface area contributed by atoms with Gasteiger partial charge >= 0.3 is 0 Å². The Morgan fingerprint density at radius 3 is 2.77 bits per heavy atom. The molecule has 0 bridgehead atoms. The molecule has 1 fully saturated rings. The molecular weight excluding hydrogens is 374 g/mol. The summed E-state index contributed by atoms with van der Waals surface area (Å²) >= 11 is 0. The predicted octanol–water partition coefficient (Wildman–Crippen LogP) is 3.22. The van der Waals surface area contributed by atoms with Gasteiger partial charge in [0, 0.05) is 41.9 Å². The minimum atomic E-state index is 0.0448. The first-order valence-corrected chi connectivity index (χ1v) is 10.6. The monoisotopic (exact) mass is 401 g/mol. The van der Waals surface area contributed by atoms with E-state index in [9.17, 15) is 4.79 Å². The number of fused-ring (bicyclic) bond motifs is 3. The van der Waals surface area contributed by atoms with Crippen LogP contribution in [0.15, 0.2) is 48.5 Å². The van der Waals surface area contributed by atoms with E-state index in [2.05, 4.69) is 56.6 Å². The van der Waals surface area contributed by atoms with E-state index in [1.165, 1.54) is 16.7 Å². The van der Waals surface area contributed by atoms with E-state index >= 15 is 0 Å². The van der Waals surface area contributed by atoms with Crippen LogP contribution in [0, 0.1) is 0 Å². The Bertz CT molecular complexity index is 1060. The smallest absolute Gasteiger partial charge is 0.238 e. The van der Waals surface area contributed by atoms with Crippen LogP contribution in [0.3, 0.4) is 0 Å². The Morgan fingerprint density at radius 2 is 1.90 bits per heavy atom. The minimum absolute atomic E-state index is 0.0448. The van der Waals surface area contributed by atoms with Gasteiger partial charge < -0.3 is 10.2 Å². The van der Waals surface area contributed by atoms with E-state index < -0.39 is 0 Å². The van der Waals surface area contributed by atoms with Gasteiger partial charge in [0.2, 0.25) is 5.91 Å². The third-order valence-electron chi connectivity index (χ3n) is 6.14. The summed E-state index contributed by atoms with van der Waals surface area (Å²) in [5.74, 6) is 0.0448. The van der Waals surface area contributed by atoms with E-state index in [-0.39, 0.29) is 5.91 Å². The quantitative estimate of drug-likeness (QED) is 0.551. The largest absolute Gasteiger partial charge is 0.325 e. The zero-order valence-electron chi connectivity index (χ0n) is 17.3. The molecule has 2 heterocycles. The van der Waals surface area contributed by atoms with Crippen LogP contribution in [-0.4, -0.2) is 65.7 Å². The first kappa shape index (κ1) is 19.0. The van der Waals surface area contributed by atoms with Crippen molar-refractivity contribution in [2.45, 2.75) is 12.8 Å². The molecule has 0 unspecified atom stereocenters. The first-order valence-electron chi connectivity index (χ1n) is 10.6. The molecule has 0 radical (unpaired) electrons. The number of aromatic amines is 1. The number of hydrogen-bond acceptors (Lipinski definition) is 4. The highest BCUT2D eigenvalue weighted by molar-refractivity contribution is 5.92. The maximum Gasteiger partial charge on any atom is 0.238 e. The summed E-state index contributed by atoms with van der Waals surface area (Å²) in [5.41, 5.74) is 7.84. The van der Waals surface area contributed by atoms with Gasteiger partial charge in [-0.25, -0.2) is 0 Å². The van der Waals surface area contributed by atoms with Crippen molar-refractivity contribution in [2.75, 3.05) is 45.1 Å². The Balaban J connectivity index is 1.25. The fourth-order valence-electron chi connectivity index (χ4n) is 4.48. The summed E-state index contributed by atoms with van der Waals surface area (Å²) in [6, 6.07) is 16.5. The zero-order valence-corrected chi connectivity index (χ0v) is 17.3. The van der Waals surface area contributed by atoms with Crippen molar-refractivity contribution in [3.8, 4) is 22.5 Å². The number of likely N-dealkylation sites (N-methyl/N-ethyl adjacent to an activating group) is 1. The Labute approximate surface area is 176 Å². The average molecular weight is 402 g/mol. The van der Waals surface area contributed by atoms with Crippen LogP contribution in [0.1, 0.15) is 17.5 Å². The van der Waals surface area contributed by atoms with Gasteiger partial charge in [-0.05, 0) is 44.3 Å². The highest BCUT2D eigenvalue weighted by Gasteiger charge is 2.24. The van der Waals surface area contributed by atoms with Gasteiger partial charge in [0.15, 0.2) is 0 Å². The van der Waals surface area contributed by atoms with Crippen molar-refractivity contribution in [2.24, 2.45) is 0 Å². The SMILES string of the molecule is CN1CCCN(CC(=O)Nc2ccc(-c3n[nH]c4c3Cc3ccccc3-4)cc2)CC1. The van der Waals surface area contributed by atoms with Gasteiger partial charge in [-0.15, -0.1) is 0 Å². The molecule has 2 aliphatic rings. The van der Waals surface area contributed by atoms with E-state index in [4.69, 9.17) is 0 Å². The lowest BCUT2D eigenvalue weighted by Gasteiger charge is -2.19. The molecule has 1 aliphatic carbocycles. The van der Waals surface area contributed by atoms with E-state index in [1.807, 2.05) is 24.3 Å². The van der Waals surface area contributed by atoms with Crippen LogP contribution in [0.4, 0.5) is 5.69 Å². The van der Waals surface area contributed by atoms with Crippen molar-refractivity contribution >= 4 is 11.6 Å². The molecule has 0 saturated carbocycles. The second kappa shape index (κ2) is 8.05. The second-order valence-electron chi connectivity index (χ2n) is 8.32. The van der Waals surface area contributed by atoms with E-state index in [0.29, 0.717) is 6.54 Å². The molecule has 1 aromatic heterocycles. The first-order chi connectivity index (χ1) is 14.7. The van der Waals surface area contributed by atoms with Gasteiger partial charge in [0.25, 0.3) is 0 Å². The maximum absolute atomic E-state index is 12.5. The molecule has 6 nitrogen and oxygen atoms in total. The number of carbonyl (C=O) groups is 1. The summed E-state index contributed by atoms with van der Waals surface area (Å²) in [6.45, 7) is 4.47. The lowest BCUT2D eigenvalue weighted by molar-refractivity contribution is -0.117. The van der Waals surface area contributed by atoms with Crippen LogP contribution < -0.4 is 5.32 Å². The van der Waals surface area contributed by atoms with Crippen LogP contribution in [-0.2, 0) is 11.2 Å². The highest BCUT2D eigenvalue weighted by Crippen LogP contribution is 2.39. The van der Waals surface area contributed by atoms with Gasteiger partial charge in [-0.1, -0.05) is 36.4 Å². The number of nitrogens with zero attached hydrogens (tertiary/aromatic N) is 3. The van der Waals surface area contributed by atoms with E-state index in [0.717, 1.165) is 61.7 Å².